The summed E-state index contributed by atoms with van der Waals surface area (Å²) in [5.74, 6) is -1.96. The van der Waals surface area contributed by atoms with E-state index in [2.05, 4.69) is 10.3 Å². The van der Waals surface area contributed by atoms with E-state index in [1.165, 1.54) is 6.07 Å². The van der Waals surface area contributed by atoms with Crippen molar-refractivity contribution in [3.8, 4) is 11.4 Å². The van der Waals surface area contributed by atoms with Crippen LogP contribution < -0.4 is 5.32 Å². The molecule has 152 valence electrons. The summed E-state index contributed by atoms with van der Waals surface area (Å²) in [5, 5.41) is 12.5. The van der Waals surface area contributed by atoms with Crippen LogP contribution in [0.15, 0.2) is 18.2 Å². The van der Waals surface area contributed by atoms with Crippen LogP contribution in [0.4, 0.5) is 8.78 Å². The summed E-state index contributed by atoms with van der Waals surface area (Å²) in [5.41, 5.74) is 0.792. The molecule has 2 aromatic rings. The number of carbonyl (C=O) groups excluding carboxylic acids is 1. The Labute approximate surface area is 162 Å². The molecule has 1 aromatic heterocycles. The smallest absolute Gasteiger partial charge is 0.272 e. The molecule has 0 spiro atoms. The van der Waals surface area contributed by atoms with E-state index in [1.807, 2.05) is 25.3 Å². The zero-order valence-corrected chi connectivity index (χ0v) is 16.3. The second-order valence-corrected chi connectivity index (χ2v) is 7.99. The lowest BCUT2D eigenvalue weighted by molar-refractivity contribution is 0.0834. The van der Waals surface area contributed by atoms with Gasteiger partial charge in [-0.25, -0.2) is 13.8 Å². The van der Waals surface area contributed by atoms with Crippen molar-refractivity contribution in [2.24, 2.45) is 5.41 Å². The summed E-state index contributed by atoms with van der Waals surface area (Å²) in [6, 6.07) is 3.09. The van der Waals surface area contributed by atoms with Gasteiger partial charge < -0.3 is 19.7 Å². The Morgan fingerprint density at radius 3 is 2.75 bits per heavy atom. The van der Waals surface area contributed by atoms with Crippen LogP contribution >= 0.6 is 0 Å². The van der Waals surface area contributed by atoms with Gasteiger partial charge in [-0.3, -0.25) is 4.79 Å². The van der Waals surface area contributed by atoms with Gasteiger partial charge in [0.05, 0.1) is 24.9 Å². The van der Waals surface area contributed by atoms with E-state index in [9.17, 15) is 18.7 Å². The minimum absolute atomic E-state index is 0.171. The molecule has 28 heavy (non-hydrogen) atoms. The van der Waals surface area contributed by atoms with E-state index >= 15 is 0 Å². The largest absolute Gasteiger partial charge is 0.394 e. The highest BCUT2D eigenvalue weighted by Gasteiger charge is 2.30. The summed E-state index contributed by atoms with van der Waals surface area (Å²) in [7, 11) is 0. The van der Waals surface area contributed by atoms with Gasteiger partial charge in [-0.1, -0.05) is 20.8 Å². The average molecular weight is 393 g/mol. The number of hydrogen-bond donors (Lipinski definition) is 2. The third-order valence-electron chi connectivity index (χ3n) is 4.91. The highest BCUT2D eigenvalue weighted by molar-refractivity contribution is 5.94. The van der Waals surface area contributed by atoms with Crippen molar-refractivity contribution < 1.29 is 23.4 Å². The maximum atomic E-state index is 13.7. The van der Waals surface area contributed by atoms with Gasteiger partial charge in [-0.15, -0.1) is 0 Å². The molecular formula is C20H25F2N3O3. The fourth-order valence-corrected chi connectivity index (χ4v) is 3.17. The molecule has 1 atom stereocenters. The lowest BCUT2D eigenvalue weighted by Crippen LogP contribution is -2.46. The van der Waals surface area contributed by atoms with Gasteiger partial charge in [0.2, 0.25) is 0 Å². The minimum atomic E-state index is -0.973. The predicted molar refractivity (Wildman–Crippen MR) is 99.6 cm³/mol. The first-order chi connectivity index (χ1) is 13.2. The zero-order chi connectivity index (χ0) is 20.5. The molecule has 1 aromatic carbocycles. The Bertz CT molecular complexity index is 874. The molecule has 6 nitrogen and oxygen atoms in total. The normalized spacial score (nSPS) is 15.6. The topological polar surface area (TPSA) is 76.4 Å². The minimum Gasteiger partial charge on any atom is -0.394 e. The number of imidazole rings is 1. The second-order valence-electron chi connectivity index (χ2n) is 7.99. The van der Waals surface area contributed by atoms with Crippen molar-refractivity contribution in [1.82, 2.24) is 14.9 Å². The summed E-state index contributed by atoms with van der Waals surface area (Å²) in [6.45, 7) is 6.80. The number of ether oxygens (including phenoxy) is 1. The van der Waals surface area contributed by atoms with Gasteiger partial charge in [0.15, 0.2) is 17.3 Å². The number of benzene rings is 1. The van der Waals surface area contributed by atoms with E-state index in [0.29, 0.717) is 36.7 Å². The number of nitrogens with zero attached hydrogens (tertiary/aromatic N) is 2. The van der Waals surface area contributed by atoms with Gasteiger partial charge in [0, 0.05) is 18.7 Å². The van der Waals surface area contributed by atoms with E-state index in [4.69, 9.17) is 4.74 Å². The second kappa shape index (κ2) is 7.97. The summed E-state index contributed by atoms with van der Waals surface area (Å²) in [6.07, 6.45) is 0.711. The average Bonchev–Trinajstić information content (AvgIpc) is 2.82. The third-order valence-corrected chi connectivity index (χ3v) is 4.91. The van der Waals surface area contributed by atoms with Crippen molar-refractivity contribution in [2.75, 3.05) is 13.2 Å². The van der Waals surface area contributed by atoms with Gasteiger partial charge in [0.25, 0.3) is 5.91 Å². The van der Waals surface area contributed by atoms with Crippen molar-refractivity contribution >= 4 is 5.91 Å². The number of fused-ring (bicyclic) bond motifs is 1. The van der Waals surface area contributed by atoms with Gasteiger partial charge in [0.1, 0.15) is 5.82 Å². The Kier molecular flexibility index (Phi) is 5.81. The Balaban J connectivity index is 2.03. The van der Waals surface area contributed by atoms with E-state index in [1.54, 1.807) is 0 Å². The number of rotatable bonds is 4. The first kappa shape index (κ1) is 20.4. The molecule has 0 fully saturated rings. The molecule has 0 saturated heterocycles. The molecule has 8 heteroatoms. The Morgan fingerprint density at radius 2 is 2.11 bits per heavy atom. The summed E-state index contributed by atoms with van der Waals surface area (Å²) >= 11 is 0. The predicted octanol–water partition coefficient (Wildman–Crippen LogP) is 2.89. The highest BCUT2D eigenvalue weighted by atomic mass is 19.2. The highest BCUT2D eigenvalue weighted by Crippen LogP contribution is 2.27. The van der Waals surface area contributed by atoms with Crippen molar-refractivity contribution in [2.45, 2.75) is 46.4 Å². The molecular weight excluding hydrogens is 368 g/mol. The molecule has 1 aliphatic heterocycles. The Morgan fingerprint density at radius 1 is 1.36 bits per heavy atom. The number of carbonyl (C=O) groups is 1. The lowest BCUT2D eigenvalue weighted by Gasteiger charge is -2.29. The number of amides is 1. The van der Waals surface area contributed by atoms with Crippen LogP contribution in [0.3, 0.4) is 0 Å². The number of aliphatic hydroxyl groups is 1. The van der Waals surface area contributed by atoms with Gasteiger partial charge in [-0.05, 0) is 30.0 Å². The number of nitrogens with one attached hydrogen (secondary N) is 1. The van der Waals surface area contributed by atoms with Crippen LogP contribution in [-0.2, 0) is 17.9 Å². The third kappa shape index (κ3) is 4.07. The van der Waals surface area contributed by atoms with Crippen molar-refractivity contribution in [3.63, 3.8) is 0 Å². The number of aliphatic hydroxyl groups excluding tert-OH is 1. The fourth-order valence-electron chi connectivity index (χ4n) is 3.17. The molecule has 3 rings (SSSR count). The molecule has 2 heterocycles. The van der Waals surface area contributed by atoms with Crippen molar-refractivity contribution in [3.05, 3.63) is 41.2 Å². The first-order valence-electron chi connectivity index (χ1n) is 9.26. The standard InChI is InChI=1S/C20H25F2N3O3/c1-20(2,3)16(10-26)23-19(27)17-15-11-28-8-4-7-25(15)18(24-17)12-5-6-13(21)14(22)9-12/h5-6,9,16,26H,4,7-8,10-11H2,1-3H3,(H,23,27). The van der Waals surface area contributed by atoms with Gasteiger partial charge >= 0.3 is 0 Å². The molecule has 1 unspecified atom stereocenters. The molecule has 0 bridgehead atoms. The summed E-state index contributed by atoms with van der Waals surface area (Å²) < 4.78 is 34.5. The maximum absolute atomic E-state index is 13.7. The van der Waals surface area contributed by atoms with Crippen LogP contribution in [0.1, 0.15) is 43.4 Å². The van der Waals surface area contributed by atoms with E-state index in [-0.39, 0.29) is 24.3 Å². The SMILES string of the molecule is CC(C)(C)C(CO)NC(=O)c1nc(-c2ccc(F)c(F)c2)n2c1COCCC2. The molecule has 0 radical (unpaired) electrons. The monoisotopic (exact) mass is 393 g/mol. The Hall–Kier alpha value is -2.32. The molecule has 1 aliphatic rings. The maximum Gasteiger partial charge on any atom is 0.272 e. The molecule has 0 saturated carbocycles. The summed E-state index contributed by atoms with van der Waals surface area (Å²) in [4.78, 5) is 17.4. The van der Waals surface area contributed by atoms with Crippen molar-refractivity contribution in [1.29, 1.82) is 0 Å². The van der Waals surface area contributed by atoms with E-state index in [0.717, 1.165) is 12.1 Å². The van der Waals surface area contributed by atoms with Gasteiger partial charge in [-0.2, -0.15) is 0 Å². The van der Waals surface area contributed by atoms with Crippen LogP contribution in [0.25, 0.3) is 11.4 Å². The first-order valence-corrected chi connectivity index (χ1v) is 9.26. The molecule has 2 N–H and O–H groups in total. The van der Waals surface area contributed by atoms with Crippen LogP contribution in [0, 0.1) is 17.0 Å². The number of hydrogen-bond acceptors (Lipinski definition) is 4. The van der Waals surface area contributed by atoms with Crippen LogP contribution in [0.2, 0.25) is 0 Å². The zero-order valence-electron chi connectivity index (χ0n) is 16.3. The fraction of sp³-hybridized carbons (Fsp3) is 0.500. The van der Waals surface area contributed by atoms with Crippen LogP contribution in [-0.4, -0.2) is 39.8 Å². The molecule has 1 amide bonds. The van der Waals surface area contributed by atoms with Crippen LogP contribution in [0.5, 0.6) is 0 Å². The number of halogens is 2. The lowest BCUT2D eigenvalue weighted by atomic mass is 9.87. The quantitative estimate of drug-likeness (QED) is 0.838. The van der Waals surface area contributed by atoms with E-state index < -0.39 is 23.6 Å². The molecule has 0 aliphatic carbocycles. The number of aromatic nitrogens is 2.